The van der Waals surface area contributed by atoms with Crippen LogP contribution in [-0.4, -0.2) is 37.7 Å². The number of fused-ring (bicyclic) bond motifs is 1. The number of hydrogen-bond donors (Lipinski definition) is 3. The van der Waals surface area contributed by atoms with Crippen molar-refractivity contribution >= 4 is 32.5 Å². The molecule has 156 valence electrons. The largest absolute Gasteiger partial charge is 0.379 e. The maximum atomic E-state index is 13.6. The zero-order chi connectivity index (χ0) is 21.1. The highest BCUT2D eigenvalue weighted by molar-refractivity contribution is 7.91. The van der Waals surface area contributed by atoms with Gasteiger partial charge in [-0.25, -0.2) is 8.42 Å². The molecular weight excluding hydrogens is 396 g/mol. The van der Waals surface area contributed by atoms with E-state index in [1.807, 2.05) is 25.1 Å². The number of aromatic amines is 1. The van der Waals surface area contributed by atoms with E-state index in [4.69, 9.17) is 0 Å². The SMILES string of the molecule is C=C/C=C\c1c(C)cccc1S(=O)(=O)c1[nH]nc2c(NC3CCCNC3)cccc12. The number of para-hydroxylation sites is 1. The van der Waals surface area contributed by atoms with Crippen molar-refractivity contribution in [2.75, 3.05) is 18.4 Å². The molecule has 1 fully saturated rings. The molecule has 0 saturated carbocycles. The quantitative estimate of drug-likeness (QED) is 0.522. The molecule has 1 unspecified atom stereocenters. The molecule has 3 N–H and O–H groups in total. The minimum Gasteiger partial charge on any atom is -0.379 e. The first-order valence-electron chi connectivity index (χ1n) is 10.1. The first-order chi connectivity index (χ1) is 14.5. The fourth-order valence-electron chi connectivity index (χ4n) is 3.91. The van der Waals surface area contributed by atoms with Crippen molar-refractivity contribution in [3.05, 3.63) is 66.3 Å². The van der Waals surface area contributed by atoms with E-state index < -0.39 is 9.84 Å². The smallest absolute Gasteiger partial charge is 0.224 e. The number of anilines is 1. The van der Waals surface area contributed by atoms with Gasteiger partial charge in [0.25, 0.3) is 0 Å². The Hall–Kier alpha value is -2.90. The second-order valence-electron chi connectivity index (χ2n) is 7.53. The summed E-state index contributed by atoms with van der Waals surface area (Å²) in [5.74, 6) is 0. The number of benzene rings is 2. The molecule has 30 heavy (non-hydrogen) atoms. The van der Waals surface area contributed by atoms with Gasteiger partial charge in [-0.2, -0.15) is 5.10 Å². The second-order valence-corrected chi connectivity index (χ2v) is 9.38. The fraction of sp³-hybridized carbons (Fsp3) is 0.261. The van der Waals surface area contributed by atoms with Gasteiger partial charge in [0, 0.05) is 18.0 Å². The van der Waals surface area contributed by atoms with Gasteiger partial charge >= 0.3 is 0 Å². The Bertz CT molecular complexity index is 1210. The highest BCUT2D eigenvalue weighted by atomic mass is 32.2. The Balaban J connectivity index is 1.79. The van der Waals surface area contributed by atoms with Crippen LogP contribution in [0.15, 0.2) is 65.1 Å². The highest BCUT2D eigenvalue weighted by Gasteiger charge is 2.26. The summed E-state index contributed by atoms with van der Waals surface area (Å²) in [5.41, 5.74) is 3.01. The molecule has 1 atom stereocenters. The van der Waals surface area contributed by atoms with Crippen molar-refractivity contribution in [2.45, 2.75) is 35.7 Å². The van der Waals surface area contributed by atoms with E-state index in [9.17, 15) is 8.42 Å². The summed E-state index contributed by atoms with van der Waals surface area (Å²) < 4.78 is 27.2. The molecule has 1 aliphatic heterocycles. The summed E-state index contributed by atoms with van der Waals surface area (Å²) in [6.45, 7) is 7.49. The van der Waals surface area contributed by atoms with E-state index in [-0.39, 0.29) is 9.92 Å². The maximum Gasteiger partial charge on any atom is 0.224 e. The summed E-state index contributed by atoms with van der Waals surface area (Å²) in [7, 11) is -3.80. The van der Waals surface area contributed by atoms with E-state index >= 15 is 0 Å². The van der Waals surface area contributed by atoms with Crippen molar-refractivity contribution in [1.82, 2.24) is 15.5 Å². The predicted octanol–water partition coefficient (Wildman–Crippen LogP) is 4.07. The maximum absolute atomic E-state index is 13.6. The standard InChI is InChI=1S/C23H26N4O2S/c1-3-4-10-18-16(2)8-5-13-21(18)30(28,29)23-19-11-6-12-20(22(19)26-27-23)25-17-9-7-14-24-15-17/h3-6,8,10-13,17,24-25H,1,7,9,14-15H2,2H3,(H,26,27)/b10-4-. The Morgan fingerprint density at radius 1 is 1.23 bits per heavy atom. The molecule has 2 aromatic carbocycles. The number of aromatic nitrogens is 2. The molecule has 2 heterocycles. The lowest BCUT2D eigenvalue weighted by Gasteiger charge is -2.24. The Morgan fingerprint density at radius 2 is 2.07 bits per heavy atom. The monoisotopic (exact) mass is 422 g/mol. The van der Waals surface area contributed by atoms with Crippen molar-refractivity contribution < 1.29 is 8.42 Å². The number of aryl methyl sites for hydroxylation is 1. The molecule has 0 amide bonds. The number of nitrogens with zero attached hydrogens (tertiary/aromatic N) is 1. The number of hydrogen-bond acceptors (Lipinski definition) is 5. The first kappa shape index (κ1) is 20.4. The predicted molar refractivity (Wildman–Crippen MR) is 121 cm³/mol. The topological polar surface area (TPSA) is 86.9 Å². The van der Waals surface area contributed by atoms with Crippen LogP contribution in [0.4, 0.5) is 5.69 Å². The Kier molecular flexibility index (Phi) is 5.74. The first-order valence-corrected chi connectivity index (χ1v) is 11.6. The number of H-pyrrole nitrogens is 1. The van der Waals surface area contributed by atoms with E-state index in [2.05, 4.69) is 27.4 Å². The third-order valence-electron chi connectivity index (χ3n) is 5.45. The summed E-state index contributed by atoms with van der Waals surface area (Å²) in [6.07, 6.45) is 7.33. The van der Waals surface area contributed by atoms with Crippen LogP contribution in [0.25, 0.3) is 17.0 Å². The fourth-order valence-corrected chi connectivity index (χ4v) is 5.52. The number of allylic oxidation sites excluding steroid dienone is 2. The van der Waals surface area contributed by atoms with Gasteiger partial charge in [0.05, 0.1) is 10.6 Å². The molecule has 1 aromatic heterocycles. The molecule has 1 aliphatic rings. The van der Waals surface area contributed by atoms with Crippen LogP contribution in [0.5, 0.6) is 0 Å². The number of sulfone groups is 1. The van der Waals surface area contributed by atoms with E-state index in [0.29, 0.717) is 22.5 Å². The average molecular weight is 423 g/mol. The lowest BCUT2D eigenvalue weighted by atomic mass is 10.1. The van der Waals surface area contributed by atoms with E-state index in [1.54, 1.807) is 36.4 Å². The van der Waals surface area contributed by atoms with Crippen LogP contribution in [0.3, 0.4) is 0 Å². The van der Waals surface area contributed by atoms with Gasteiger partial charge in [-0.05, 0) is 55.6 Å². The highest BCUT2D eigenvalue weighted by Crippen LogP contribution is 2.33. The molecule has 4 rings (SSSR count). The zero-order valence-electron chi connectivity index (χ0n) is 17.0. The number of nitrogens with one attached hydrogen (secondary N) is 3. The third kappa shape index (κ3) is 3.78. The van der Waals surface area contributed by atoms with Crippen LogP contribution in [-0.2, 0) is 9.84 Å². The van der Waals surface area contributed by atoms with Crippen LogP contribution in [0.2, 0.25) is 0 Å². The van der Waals surface area contributed by atoms with Crippen LogP contribution >= 0.6 is 0 Å². The molecule has 6 nitrogen and oxygen atoms in total. The van der Waals surface area contributed by atoms with Crippen molar-refractivity contribution in [2.24, 2.45) is 0 Å². The number of rotatable bonds is 6. The molecule has 0 radical (unpaired) electrons. The van der Waals surface area contributed by atoms with Crippen molar-refractivity contribution in [1.29, 1.82) is 0 Å². The molecule has 0 spiro atoms. The minimum absolute atomic E-state index is 0.113. The van der Waals surface area contributed by atoms with Gasteiger partial charge in [-0.15, -0.1) is 0 Å². The van der Waals surface area contributed by atoms with Gasteiger partial charge in [0.2, 0.25) is 9.84 Å². The molecule has 1 saturated heterocycles. The van der Waals surface area contributed by atoms with Crippen LogP contribution in [0, 0.1) is 6.92 Å². The average Bonchev–Trinajstić information content (AvgIpc) is 3.19. The normalized spacial score (nSPS) is 17.4. The second kappa shape index (κ2) is 8.45. The van der Waals surface area contributed by atoms with Crippen LogP contribution in [0.1, 0.15) is 24.0 Å². The van der Waals surface area contributed by atoms with Gasteiger partial charge in [-0.1, -0.05) is 43.0 Å². The lowest BCUT2D eigenvalue weighted by Crippen LogP contribution is -2.38. The van der Waals surface area contributed by atoms with Crippen LogP contribution < -0.4 is 10.6 Å². The summed E-state index contributed by atoms with van der Waals surface area (Å²) in [5, 5.41) is 14.8. The van der Waals surface area contributed by atoms with Gasteiger partial charge in [-0.3, -0.25) is 5.10 Å². The summed E-state index contributed by atoms with van der Waals surface area (Å²) in [4.78, 5) is 0.251. The molecule has 3 aromatic rings. The van der Waals surface area contributed by atoms with E-state index in [0.717, 1.165) is 37.2 Å². The van der Waals surface area contributed by atoms with Gasteiger partial charge in [0.1, 0.15) is 5.52 Å². The minimum atomic E-state index is -3.80. The molecule has 7 heteroatoms. The summed E-state index contributed by atoms with van der Waals surface area (Å²) in [6, 6.07) is 11.2. The lowest BCUT2D eigenvalue weighted by molar-refractivity contribution is 0.480. The zero-order valence-corrected chi connectivity index (χ0v) is 17.8. The Morgan fingerprint density at radius 3 is 2.83 bits per heavy atom. The Labute approximate surface area is 177 Å². The van der Waals surface area contributed by atoms with Gasteiger partial charge in [0.15, 0.2) is 5.03 Å². The van der Waals surface area contributed by atoms with Crippen molar-refractivity contribution in [3.8, 4) is 0 Å². The van der Waals surface area contributed by atoms with Crippen molar-refractivity contribution in [3.63, 3.8) is 0 Å². The molecule has 0 aliphatic carbocycles. The number of piperidine rings is 1. The summed E-state index contributed by atoms with van der Waals surface area (Å²) >= 11 is 0. The molecular formula is C23H26N4O2S. The van der Waals surface area contributed by atoms with E-state index in [1.165, 1.54) is 0 Å². The third-order valence-corrected chi connectivity index (χ3v) is 7.23. The molecule has 0 bridgehead atoms. The van der Waals surface area contributed by atoms with Gasteiger partial charge < -0.3 is 10.6 Å².